The monoisotopic (exact) mass is 411 g/mol. The Hall–Kier alpha value is -2.79. The Morgan fingerprint density at radius 2 is 2.03 bits per heavy atom. The van der Waals surface area contributed by atoms with Gasteiger partial charge in [-0.2, -0.15) is 5.10 Å². The van der Waals surface area contributed by atoms with Crippen LogP contribution in [0.5, 0.6) is 5.75 Å². The van der Waals surface area contributed by atoms with Crippen LogP contribution in [0, 0.1) is 0 Å². The van der Waals surface area contributed by atoms with E-state index in [2.05, 4.69) is 61.3 Å². The largest absolute Gasteiger partial charge is 0.482 e. The summed E-state index contributed by atoms with van der Waals surface area (Å²) in [6, 6.07) is 13.2. The number of ether oxygens (including phenoxy) is 1. The molecule has 0 aliphatic carbocycles. The summed E-state index contributed by atoms with van der Waals surface area (Å²) in [6.07, 6.45) is 3.92. The van der Waals surface area contributed by atoms with Crippen molar-refractivity contribution >= 4 is 35.0 Å². The molecule has 3 rings (SSSR count). The molecule has 1 amide bonds. The predicted octanol–water partition coefficient (Wildman–Crippen LogP) is 4.89. The maximum Gasteiger partial charge on any atom is 0.277 e. The minimum Gasteiger partial charge on any atom is -0.482 e. The van der Waals surface area contributed by atoms with Gasteiger partial charge in [-0.15, -0.1) is 0 Å². The standard InChI is InChI=1S/C23H26ClN3O2/c1-5-27-20-11-10-17(12-18(20)16(2)13-23(27,3)4)14-25-26-22(28)15-29-21-9-7-6-8-19(21)24/h6-14H,5,15H2,1-4H3,(H,26,28)/b25-14-. The van der Waals surface area contributed by atoms with Crippen LogP contribution in [-0.4, -0.2) is 30.8 Å². The first-order valence-electron chi connectivity index (χ1n) is 9.62. The molecule has 0 unspecified atom stereocenters. The van der Waals surface area contributed by atoms with Crippen LogP contribution in [-0.2, 0) is 4.79 Å². The highest BCUT2D eigenvalue weighted by Crippen LogP contribution is 2.38. The molecule has 0 saturated heterocycles. The molecular formula is C23H26ClN3O2. The Morgan fingerprint density at radius 1 is 1.28 bits per heavy atom. The molecule has 5 nitrogen and oxygen atoms in total. The Bertz CT molecular complexity index is 966. The number of amides is 1. The third kappa shape index (κ3) is 4.80. The Balaban J connectivity index is 1.64. The first kappa shape index (κ1) is 20.9. The summed E-state index contributed by atoms with van der Waals surface area (Å²) in [5.74, 6) is 0.114. The number of likely N-dealkylation sites (N-methyl/N-ethyl adjacent to an activating group) is 1. The van der Waals surface area contributed by atoms with Gasteiger partial charge in [0.25, 0.3) is 5.91 Å². The number of fused-ring (bicyclic) bond motifs is 1. The molecular weight excluding hydrogens is 386 g/mol. The van der Waals surface area contributed by atoms with Gasteiger partial charge in [-0.1, -0.05) is 35.9 Å². The number of anilines is 1. The first-order chi connectivity index (χ1) is 13.8. The van der Waals surface area contributed by atoms with Gasteiger partial charge in [0.2, 0.25) is 0 Å². The smallest absolute Gasteiger partial charge is 0.277 e. The van der Waals surface area contributed by atoms with Crippen molar-refractivity contribution in [1.29, 1.82) is 0 Å². The summed E-state index contributed by atoms with van der Waals surface area (Å²) >= 11 is 6.01. The molecule has 0 spiro atoms. The number of hydrogen-bond acceptors (Lipinski definition) is 4. The Labute approximate surface area is 177 Å². The molecule has 2 aromatic rings. The predicted molar refractivity (Wildman–Crippen MR) is 120 cm³/mol. The summed E-state index contributed by atoms with van der Waals surface area (Å²) in [6.45, 7) is 9.50. The molecule has 0 saturated carbocycles. The molecule has 0 radical (unpaired) electrons. The lowest BCUT2D eigenvalue weighted by molar-refractivity contribution is -0.123. The fraction of sp³-hybridized carbons (Fsp3) is 0.304. The zero-order valence-corrected chi connectivity index (χ0v) is 18.0. The van der Waals surface area contributed by atoms with Crippen LogP contribution in [0.25, 0.3) is 5.57 Å². The second-order valence-electron chi connectivity index (χ2n) is 7.51. The van der Waals surface area contributed by atoms with E-state index in [-0.39, 0.29) is 18.1 Å². The summed E-state index contributed by atoms with van der Waals surface area (Å²) in [5.41, 5.74) is 7.02. The average Bonchev–Trinajstić information content (AvgIpc) is 2.67. The molecule has 6 heteroatoms. The van der Waals surface area contributed by atoms with E-state index >= 15 is 0 Å². The number of rotatable bonds is 6. The number of carbonyl (C=O) groups is 1. The van der Waals surface area contributed by atoms with E-state index in [1.165, 1.54) is 16.8 Å². The molecule has 0 aromatic heterocycles. The van der Waals surface area contributed by atoms with Gasteiger partial charge in [-0.3, -0.25) is 4.79 Å². The molecule has 29 heavy (non-hydrogen) atoms. The average molecular weight is 412 g/mol. The molecule has 0 bridgehead atoms. The highest BCUT2D eigenvalue weighted by atomic mass is 35.5. The highest BCUT2D eigenvalue weighted by molar-refractivity contribution is 6.32. The number of carbonyl (C=O) groups excluding carboxylic acids is 1. The van der Waals surface area contributed by atoms with Crippen LogP contribution >= 0.6 is 11.6 Å². The fourth-order valence-corrected chi connectivity index (χ4v) is 3.87. The van der Waals surface area contributed by atoms with E-state index < -0.39 is 0 Å². The quantitative estimate of drug-likeness (QED) is 0.543. The number of para-hydroxylation sites is 1. The zero-order chi connectivity index (χ0) is 21.0. The number of nitrogens with zero attached hydrogens (tertiary/aromatic N) is 2. The molecule has 1 aliphatic heterocycles. The second kappa shape index (κ2) is 8.70. The number of halogens is 1. The van der Waals surface area contributed by atoms with Crippen LogP contribution in [0.2, 0.25) is 5.02 Å². The second-order valence-corrected chi connectivity index (χ2v) is 7.92. The van der Waals surface area contributed by atoms with Crippen molar-refractivity contribution in [2.75, 3.05) is 18.1 Å². The van der Waals surface area contributed by atoms with Crippen LogP contribution in [0.4, 0.5) is 5.69 Å². The topological polar surface area (TPSA) is 53.9 Å². The number of allylic oxidation sites excluding steroid dienone is 1. The number of benzene rings is 2. The van der Waals surface area contributed by atoms with Gasteiger partial charge in [-0.25, -0.2) is 5.43 Å². The third-order valence-electron chi connectivity index (χ3n) is 4.92. The summed E-state index contributed by atoms with van der Waals surface area (Å²) in [4.78, 5) is 14.3. The number of hydrogen-bond donors (Lipinski definition) is 1. The maximum atomic E-state index is 11.9. The molecule has 1 heterocycles. The van der Waals surface area contributed by atoms with E-state index in [0.717, 1.165) is 12.1 Å². The lowest BCUT2D eigenvalue weighted by Gasteiger charge is -2.42. The van der Waals surface area contributed by atoms with Gasteiger partial charge in [-0.05, 0) is 63.1 Å². The van der Waals surface area contributed by atoms with Gasteiger partial charge < -0.3 is 9.64 Å². The minimum atomic E-state index is -0.353. The number of nitrogens with one attached hydrogen (secondary N) is 1. The summed E-state index contributed by atoms with van der Waals surface area (Å²) < 4.78 is 5.40. The van der Waals surface area contributed by atoms with Crippen molar-refractivity contribution in [2.24, 2.45) is 5.10 Å². The normalized spacial score (nSPS) is 15.1. The zero-order valence-electron chi connectivity index (χ0n) is 17.2. The van der Waals surface area contributed by atoms with E-state index in [1.54, 1.807) is 30.5 Å². The first-order valence-corrected chi connectivity index (χ1v) is 10.0. The lowest BCUT2D eigenvalue weighted by Crippen LogP contribution is -2.44. The Morgan fingerprint density at radius 3 is 2.76 bits per heavy atom. The van der Waals surface area contributed by atoms with Crippen LogP contribution in [0.3, 0.4) is 0 Å². The van der Waals surface area contributed by atoms with E-state index in [0.29, 0.717) is 10.8 Å². The van der Waals surface area contributed by atoms with Gasteiger partial charge in [0, 0.05) is 17.8 Å². The van der Waals surface area contributed by atoms with Crippen molar-refractivity contribution in [3.05, 3.63) is 64.7 Å². The van der Waals surface area contributed by atoms with E-state index in [4.69, 9.17) is 16.3 Å². The van der Waals surface area contributed by atoms with Gasteiger partial charge in [0.05, 0.1) is 16.8 Å². The van der Waals surface area contributed by atoms with E-state index in [1.807, 2.05) is 6.07 Å². The van der Waals surface area contributed by atoms with Crippen molar-refractivity contribution in [2.45, 2.75) is 33.2 Å². The molecule has 0 fully saturated rings. The third-order valence-corrected chi connectivity index (χ3v) is 5.23. The molecule has 2 aromatic carbocycles. The van der Waals surface area contributed by atoms with Crippen molar-refractivity contribution in [3.63, 3.8) is 0 Å². The van der Waals surface area contributed by atoms with Crippen LogP contribution in [0.1, 0.15) is 38.8 Å². The Kier molecular flexibility index (Phi) is 6.28. The summed E-state index contributed by atoms with van der Waals surface area (Å²) in [5, 5.41) is 4.51. The van der Waals surface area contributed by atoms with Gasteiger partial charge >= 0.3 is 0 Å². The fourth-order valence-electron chi connectivity index (χ4n) is 3.68. The van der Waals surface area contributed by atoms with Crippen LogP contribution < -0.4 is 15.1 Å². The molecule has 0 atom stereocenters. The van der Waals surface area contributed by atoms with Gasteiger partial charge in [0.1, 0.15) is 5.75 Å². The highest BCUT2D eigenvalue weighted by Gasteiger charge is 2.29. The van der Waals surface area contributed by atoms with Gasteiger partial charge in [0.15, 0.2) is 6.61 Å². The SMILES string of the molecule is CCN1c2ccc(/C=N\NC(=O)COc3ccccc3Cl)cc2C(C)=CC1(C)C. The van der Waals surface area contributed by atoms with Crippen LogP contribution in [0.15, 0.2) is 53.6 Å². The van der Waals surface area contributed by atoms with Crippen molar-refractivity contribution < 1.29 is 9.53 Å². The summed E-state index contributed by atoms with van der Waals surface area (Å²) in [7, 11) is 0. The van der Waals surface area contributed by atoms with Crippen molar-refractivity contribution in [1.82, 2.24) is 5.43 Å². The van der Waals surface area contributed by atoms with Crippen molar-refractivity contribution in [3.8, 4) is 5.75 Å². The molecule has 1 aliphatic rings. The molecule has 152 valence electrons. The lowest BCUT2D eigenvalue weighted by atomic mass is 9.88. The van der Waals surface area contributed by atoms with E-state index in [9.17, 15) is 4.79 Å². The maximum absolute atomic E-state index is 11.9. The molecule has 1 N–H and O–H groups in total. The minimum absolute atomic E-state index is 0.0168. The number of hydrazone groups is 1.